The van der Waals surface area contributed by atoms with Crippen LogP contribution in [0.2, 0.25) is 0 Å². The second kappa shape index (κ2) is 4.65. The summed E-state index contributed by atoms with van der Waals surface area (Å²) >= 11 is 0. The molecule has 0 saturated heterocycles. The number of rotatable bonds is 3. The second-order valence-corrected chi connectivity index (χ2v) is 4.39. The van der Waals surface area contributed by atoms with Crippen LogP contribution in [0.15, 0.2) is 57.8 Å². The molecule has 2 heterocycles. The number of para-hydroxylation sites is 1. The second-order valence-electron chi connectivity index (χ2n) is 4.39. The molecule has 0 aliphatic heterocycles. The summed E-state index contributed by atoms with van der Waals surface area (Å²) in [6.45, 7) is 1.88. The van der Waals surface area contributed by atoms with E-state index in [4.69, 9.17) is 8.83 Å². The van der Waals surface area contributed by atoms with E-state index < -0.39 is 0 Å². The van der Waals surface area contributed by atoms with Gasteiger partial charge in [-0.3, -0.25) is 4.79 Å². The molecular weight excluding hydrogens is 242 g/mol. The van der Waals surface area contributed by atoms with E-state index in [0.29, 0.717) is 5.56 Å². The van der Waals surface area contributed by atoms with Gasteiger partial charge in [0.1, 0.15) is 17.6 Å². The van der Waals surface area contributed by atoms with Gasteiger partial charge in [-0.25, -0.2) is 0 Å². The van der Waals surface area contributed by atoms with Gasteiger partial charge in [0.2, 0.25) is 0 Å². The molecule has 1 amide bonds. The molecule has 0 radical (unpaired) electrons. The van der Waals surface area contributed by atoms with Gasteiger partial charge in [0, 0.05) is 5.39 Å². The molecule has 96 valence electrons. The molecule has 3 aromatic rings. The highest BCUT2D eigenvalue weighted by molar-refractivity contribution is 5.94. The highest BCUT2D eigenvalue weighted by Crippen LogP contribution is 2.23. The van der Waals surface area contributed by atoms with Gasteiger partial charge in [0.25, 0.3) is 5.91 Å². The zero-order chi connectivity index (χ0) is 13.2. The van der Waals surface area contributed by atoms with E-state index >= 15 is 0 Å². The molecule has 3 rings (SSSR count). The summed E-state index contributed by atoms with van der Waals surface area (Å²) in [5.74, 6) is 0.555. The average molecular weight is 255 g/mol. The monoisotopic (exact) mass is 255 g/mol. The zero-order valence-corrected chi connectivity index (χ0v) is 10.4. The SMILES string of the molecule is CC(NC(=O)c1ccoc1)c1cc2ccccc2o1. The van der Waals surface area contributed by atoms with Crippen molar-refractivity contribution in [2.75, 3.05) is 0 Å². The lowest BCUT2D eigenvalue weighted by atomic mass is 10.2. The van der Waals surface area contributed by atoms with Crippen molar-refractivity contribution in [1.29, 1.82) is 0 Å². The Bertz CT molecular complexity index is 664. The fraction of sp³-hybridized carbons (Fsp3) is 0.133. The van der Waals surface area contributed by atoms with Crippen LogP contribution in [0.1, 0.15) is 29.1 Å². The average Bonchev–Trinajstić information content (AvgIpc) is 3.07. The fourth-order valence-corrected chi connectivity index (χ4v) is 1.96. The third-order valence-electron chi connectivity index (χ3n) is 3.00. The van der Waals surface area contributed by atoms with Gasteiger partial charge >= 0.3 is 0 Å². The summed E-state index contributed by atoms with van der Waals surface area (Å²) in [5, 5.41) is 3.90. The van der Waals surface area contributed by atoms with Gasteiger partial charge in [0.05, 0.1) is 17.9 Å². The smallest absolute Gasteiger partial charge is 0.255 e. The van der Waals surface area contributed by atoms with E-state index in [2.05, 4.69) is 5.32 Å². The predicted octanol–water partition coefficient (Wildman–Crippen LogP) is 3.52. The number of benzene rings is 1. The topological polar surface area (TPSA) is 55.4 Å². The van der Waals surface area contributed by atoms with Crippen LogP contribution in [-0.4, -0.2) is 5.91 Å². The molecule has 1 N–H and O–H groups in total. The summed E-state index contributed by atoms with van der Waals surface area (Å²) in [4.78, 5) is 11.9. The van der Waals surface area contributed by atoms with Crippen LogP contribution < -0.4 is 5.32 Å². The highest BCUT2D eigenvalue weighted by Gasteiger charge is 2.15. The van der Waals surface area contributed by atoms with Crippen LogP contribution in [0.3, 0.4) is 0 Å². The van der Waals surface area contributed by atoms with Crippen LogP contribution >= 0.6 is 0 Å². The van der Waals surface area contributed by atoms with E-state index in [1.807, 2.05) is 37.3 Å². The summed E-state index contributed by atoms with van der Waals surface area (Å²) in [7, 11) is 0. The first-order valence-corrected chi connectivity index (χ1v) is 6.05. The van der Waals surface area contributed by atoms with Crippen molar-refractivity contribution < 1.29 is 13.6 Å². The highest BCUT2D eigenvalue weighted by atomic mass is 16.3. The zero-order valence-electron chi connectivity index (χ0n) is 10.4. The van der Waals surface area contributed by atoms with Gasteiger partial charge < -0.3 is 14.2 Å². The molecule has 1 aromatic carbocycles. The first-order valence-electron chi connectivity index (χ1n) is 6.05. The minimum Gasteiger partial charge on any atom is -0.472 e. The Morgan fingerprint density at radius 1 is 1.26 bits per heavy atom. The normalized spacial score (nSPS) is 12.5. The number of hydrogen-bond donors (Lipinski definition) is 1. The Kier molecular flexibility index (Phi) is 2.83. The van der Waals surface area contributed by atoms with Gasteiger partial charge in [-0.1, -0.05) is 18.2 Å². The minimum absolute atomic E-state index is 0.179. The molecule has 0 fully saturated rings. The van der Waals surface area contributed by atoms with Crippen molar-refractivity contribution in [3.63, 3.8) is 0 Å². The van der Waals surface area contributed by atoms with E-state index in [0.717, 1.165) is 16.7 Å². The lowest BCUT2D eigenvalue weighted by Crippen LogP contribution is -2.25. The minimum atomic E-state index is -0.199. The molecule has 0 bridgehead atoms. The Hall–Kier alpha value is -2.49. The predicted molar refractivity (Wildman–Crippen MR) is 70.8 cm³/mol. The number of furan rings is 2. The fourth-order valence-electron chi connectivity index (χ4n) is 1.96. The van der Waals surface area contributed by atoms with Crippen molar-refractivity contribution in [1.82, 2.24) is 5.32 Å². The Morgan fingerprint density at radius 3 is 2.84 bits per heavy atom. The standard InChI is InChI=1S/C15H13NO3/c1-10(16-15(17)12-6-7-18-9-12)14-8-11-4-2-3-5-13(11)19-14/h2-10H,1H3,(H,16,17). The molecule has 0 aliphatic rings. The number of carbonyl (C=O) groups is 1. The van der Waals surface area contributed by atoms with Crippen LogP contribution in [0.4, 0.5) is 0 Å². The van der Waals surface area contributed by atoms with Gasteiger partial charge in [-0.05, 0) is 25.1 Å². The van der Waals surface area contributed by atoms with Crippen molar-refractivity contribution >= 4 is 16.9 Å². The van der Waals surface area contributed by atoms with Crippen molar-refractivity contribution in [2.24, 2.45) is 0 Å². The van der Waals surface area contributed by atoms with E-state index in [9.17, 15) is 4.79 Å². The summed E-state index contributed by atoms with van der Waals surface area (Å²) in [6.07, 6.45) is 2.89. The number of fused-ring (bicyclic) bond motifs is 1. The maximum atomic E-state index is 11.9. The lowest BCUT2D eigenvalue weighted by molar-refractivity contribution is 0.0935. The van der Waals surface area contributed by atoms with Crippen LogP contribution in [0.25, 0.3) is 11.0 Å². The maximum absolute atomic E-state index is 11.9. The first-order chi connectivity index (χ1) is 9.24. The third kappa shape index (κ3) is 2.25. The van der Waals surface area contributed by atoms with Crippen LogP contribution in [-0.2, 0) is 0 Å². The maximum Gasteiger partial charge on any atom is 0.255 e. The van der Waals surface area contributed by atoms with E-state index in [-0.39, 0.29) is 11.9 Å². The molecule has 1 atom stereocenters. The molecule has 0 saturated carbocycles. The molecule has 0 spiro atoms. The summed E-state index contributed by atoms with van der Waals surface area (Å²) < 4.78 is 10.6. The quantitative estimate of drug-likeness (QED) is 0.779. The number of nitrogens with one attached hydrogen (secondary N) is 1. The molecule has 2 aromatic heterocycles. The number of carbonyl (C=O) groups excluding carboxylic acids is 1. The molecule has 4 heteroatoms. The largest absolute Gasteiger partial charge is 0.472 e. The van der Waals surface area contributed by atoms with Crippen LogP contribution in [0, 0.1) is 0 Å². The molecule has 19 heavy (non-hydrogen) atoms. The number of amides is 1. The molecule has 1 unspecified atom stereocenters. The Balaban J connectivity index is 1.80. The molecular formula is C15H13NO3. The van der Waals surface area contributed by atoms with E-state index in [1.165, 1.54) is 12.5 Å². The summed E-state index contributed by atoms with van der Waals surface area (Å²) in [6, 6.07) is 11.1. The summed E-state index contributed by atoms with van der Waals surface area (Å²) in [5.41, 5.74) is 1.32. The number of hydrogen-bond acceptors (Lipinski definition) is 3. The van der Waals surface area contributed by atoms with Crippen molar-refractivity contribution in [3.8, 4) is 0 Å². The molecule has 4 nitrogen and oxygen atoms in total. The van der Waals surface area contributed by atoms with Gasteiger partial charge in [0.15, 0.2) is 0 Å². The third-order valence-corrected chi connectivity index (χ3v) is 3.00. The lowest BCUT2D eigenvalue weighted by Gasteiger charge is -2.09. The Morgan fingerprint density at radius 2 is 2.11 bits per heavy atom. The first kappa shape index (κ1) is 11.6. The Labute approximate surface area is 110 Å². The molecule has 0 aliphatic carbocycles. The van der Waals surface area contributed by atoms with Gasteiger partial charge in [-0.15, -0.1) is 0 Å². The van der Waals surface area contributed by atoms with Crippen LogP contribution in [0.5, 0.6) is 0 Å². The van der Waals surface area contributed by atoms with Crippen molar-refractivity contribution in [2.45, 2.75) is 13.0 Å². The van der Waals surface area contributed by atoms with E-state index in [1.54, 1.807) is 6.07 Å². The van der Waals surface area contributed by atoms with Gasteiger partial charge in [-0.2, -0.15) is 0 Å². The van der Waals surface area contributed by atoms with Crippen molar-refractivity contribution in [3.05, 3.63) is 60.2 Å².